The van der Waals surface area contributed by atoms with Gasteiger partial charge in [0.15, 0.2) is 0 Å². The number of carbonyl (C=O) groups excluding carboxylic acids is 3. The number of hydrogen-bond acceptors (Lipinski definition) is 4. The Morgan fingerprint density at radius 2 is 1.82 bits per heavy atom. The zero-order chi connectivity index (χ0) is 23.6. The van der Waals surface area contributed by atoms with Crippen molar-refractivity contribution >= 4 is 23.7 Å². The van der Waals surface area contributed by atoms with Crippen LogP contribution in [0.2, 0.25) is 0 Å². The van der Waals surface area contributed by atoms with Crippen LogP contribution in [0.5, 0.6) is 0 Å². The van der Waals surface area contributed by atoms with Gasteiger partial charge in [0.25, 0.3) is 5.91 Å². The molecule has 2 heterocycles. The van der Waals surface area contributed by atoms with Gasteiger partial charge in [-0.15, -0.1) is 0 Å². The number of aromatic nitrogens is 2. The van der Waals surface area contributed by atoms with Gasteiger partial charge < -0.3 is 10.6 Å². The lowest BCUT2D eigenvalue weighted by Crippen LogP contribution is -2.44. The minimum Gasteiger partial charge on any atom is -0.323 e. The Balaban J connectivity index is 1.28. The van der Waals surface area contributed by atoms with Crippen molar-refractivity contribution in [1.29, 1.82) is 0 Å². The van der Waals surface area contributed by atoms with E-state index in [9.17, 15) is 14.4 Å². The quantitative estimate of drug-likeness (QED) is 0.626. The van der Waals surface area contributed by atoms with Crippen LogP contribution in [0.15, 0.2) is 36.5 Å². The molecule has 0 bridgehead atoms. The summed E-state index contributed by atoms with van der Waals surface area (Å²) in [6.45, 7) is 7.35. The fourth-order valence-corrected chi connectivity index (χ4v) is 4.65. The van der Waals surface area contributed by atoms with E-state index in [1.807, 2.05) is 0 Å². The third-order valence-corrected chi connectivity index (χ3v) is 6.62. The minimum atomic E-state index is -0.697. The normalized spacial score (nSPS) is 17.6. The largest absolute Gasteiger partial charge is 0.325 e. The summed E-state index contributed by atoms with van der Waals surface area (Å²) in [7, 11) is 0. The number of imide groups is 1. The number of nitrogens with zero attached hydrogens (tertiary/aromatic N) is 3. The van der Waals surface area contributed by atoms with Crippen molar-refractivity contribution in [3.8, 4) is 0 Å². The van der Waals surface area contributed by atoms with E-state index in [4.69, 9.17) is 0 Å². The van der Waals surface area contributed by atoms with Gasteiger partial charge >= 0.3 is 6.03 Å². The number of hydrogen-bond donors (Lipinski definition) is 2. The maximum atomic E-state index is 12.7. The number of anilines is 1. The van der Waals surface area contributed by atoms with Gasteiger partial charge in [0, 0.05) is 19.0 Å². The number of carbonyl (C=O) groups is 3. The zero-order valence-electron chi connectivity index (χ0n) is 19.7. The molecule has 2 fully saturated rings. The van der Waals surface area contributed by atoms with Crippen molar-refractivity contribution in [2.24, 2.45) is 0 Å². The molecule has 0 unspecified atom stereocenters. The van der Waals surface area contributed by atoms with Gasteiger partial charge in [0.1, 0.15) is 11.4 Å². The second-order valence-electron chi connectivity index (χ2n) is 10.1. The fourth-order valence-electron chi connectivity index (χ4n) is 4.65. The Kier molecular flexibility index (Phi) is 6.28. The molecule has 8 heteroatoms. The van der Waals surface area contributed by atoms with Crippen LogP contribution in [0.25, 0.3) is 0 Å². The lowest BCUT2D eigenvalue weighted by atomic mass is 9.87. The van der Waals surface area contributed by atoms with E-state index in [0.29, 0.717) is 31.6 Å². The van der Waals surface area contributed by atoms with E-state index in [-0.39, 0.29) is 36.2 Å². The molecule has 1 aromatic carbocycles. The number of nitrogens with one attached hydrogen (secondary N) is 2. The molecule has 1 aliphatic heterocycles. The van der Waals surface area contributed by atoms with Gasteiger partial charge in [-0.05, 0) is 35.8 Å². The van der Waals surface area contributed by atoms with Gasteiger partial charge in [-0.3, -0.25) is 14.5 Å². The van der Waals surface area contributed by atoms with Crippen LogP contribution in [-0.4, -0.2) is 44.6 Å². The Bertz CT molecular complexity index is 1030. The standard InChI is InChI=1S/C25H33N5O3/c1-24(2,3)19-10-8-18(9-11-19)17-30-20(12-15-26-30)27-21(31)7-6-16-29-22(32)25(28-23(29)33)13-4-5-14-25/h8-12,15H,4-7,13-14,16-17H2,1-3H3,(H,27,31)(H,28,33). The van der Waals surface area contributed by atoms with Crippen LogP contribution >= 0.6 is 0 Å². The lowest BCUT2D eigenvalue weighted by molar-refractivity contribution is -0.131. The summed E-state index contributed by atoms with van der Waals surface area (Å²) in [5.41, 5.74) is 1.77. The third-order valence-electron chi connectivity index (χ3n) is 6.62. The van der Waals surface area contributed by atoms with Crippen LogP contribution in [-0.2, 0) is 21.5 Å². The maximum Gasteiger partial charge on any atom is 0.325 e. The highest BCUT2D eigenvalue weighted by Gasteiger charge is 2.52. The zero-order valence-corrected chi connectivity index (χ0v) is 19.7. The summed E-state index contributed by atoms with van der Waals surface area (Å²) in [5, 5.41) is 10.1. The highest BCUT2D eigenvalue weighted by Crippen LogP contribution is 2.35. The van der Waals surface area contributed by atoms with Crippen molar-refractivity contribution in [3.05, 3.63) is 47.7 Å². The molecule has 2 N–H and O–H groups in total. The van der Waals surface area contributed by atoms with E-state index in [2.05, 4.69) is 60.8 Å². The van der Waals surface area contributed by atoms with Crippen molar-refractivity contribution in [1.82, 2.24) is 20.0 Å². The SMILES string of the molecule is CC(C)(C)c1ccc(Cn2nccc2NC(=O)CCCN2C(=O)NC3(CCCC3)C2=O)cc1. The van der Waals surface area contributed by atoms with E-state index in [1.54, 1.807) is 16.9 Å². The molecular weight excluding hydrogens is 418 g/mol. The number of amides is 4. The molecule has 2 aliphatic rings. The van der Waals surface area contributed by atoms with Crippen LogP contribution in [0.3, 0.4) is 0 Å². The molecule has 2 aromatic rings. The highest BCUT2D eigenvalue weighted by atomic mass is 16.2. The molecule has 0 radical (unpaired) electrons. The first-order chi connectivity index (χ1) is 15.7. The van der Waals surface area contributed by atoms with Crippen LogP contribution < -0.4 is 10.6 Å². The van der Waals surface area contributed by atoms with Gasteiger partial charge in [-0.2, -0.15) is 5.10 Å². The third kappa shape index (κ3) is 4.94. The molecule has 8 nitrogen and oxygen atoms in total. The van der Waals surface area contributed by atoms with Crippen molar-refractivity contribution < 1.29 is 14.4 Å². The minimum absolute atomic E-state index is 0.0986. The van der Waals surface area contributed by atoms with Gasteiger partial charge in [-0.1, -0.05) is 57.9 Å². The summed E-state index contributed by atoms with van der Waals surface area (Å²) in [5.74, 6) is 0.322. The Hall–Kier alpha value is -3.16. The first-order valence-electron chi connectivity index (χ1n) is 11.7. The molecule has 1 spiro atoms. The predicted molar refractivity (Wildman–Crippen MR) is 126 cm³/mol. The number of rotatable bonds is 7. The lowest BCUT2D eigenvalue weighted by Gasteiger charge is -2.20. The topological polar surface area (TPSA) is 96.3 Å². The average molecular weight is 452 g/mol. The first kappa shape index (κ1) is 23.0. The van der Waals surface area contributed by atoms with Crippen molar-refractivity contribution in [2.45, 2.75) is 76.8 Å². The van der Waals surface area contributed by atoms with Crippen LogP contribution in [0.4, 0.5) is 10.6 Å². The number of benzene rings is 1. The van der Waals surface area contributed by atoms with E-state index < -0.39 is 5.54 Å². The molecule has 1 aliphatic carbocycles. The average Bonchev–Trinajstić information content (AvgIpc) is 3.45. The summed E-state index contributed by atoms with van der Waals surface area (Å²) in [6, 6.07) is 9.86. The van der Waals surface area contributed by atoms with Crippen molar-refractivity contribution in [3.63, 3.8) is 0 Å². The molecule has 1 saturated carbocycles. The molecule has 4 rings (SSSR count). The smallest absolute Gasteiger partial charge is 0.323 e. The molecule has 1 saturated heterocycles. The second kappa shape index (κ2) is 9.00. The summed E-state index contributed by atoms with van der Waals surface area (Å²) < 4.78 is 1.76. The Morgan fingerprint density at radius 1 is 1.12 bits per heavy atom. The molecule has 176 valence electrons. The number of urea groups is 1. The maximum absolute atomic E-state index is 12.7. The highest BCUT2D eigenvalue weighted by molar-refractivity contribution is 6.07. The molecule has 4 amide bonds. The molecule has 1 aromatic heterocycles. The molecule has 33 heavy (non-hydrogen) atoms. The van der Waals surface area contributed by atoms with E-state index in [1.165, 1.54) is 10.5 Å². The summed E-state index contributed by atoms with van der Waals surface area (Å²) >= 11 is 0. The van der Waals surface area contributed by atoms with E-state index >= 15 is 0 Å². The van der Waals surface area contributed by atoms with Gasteiger partial charge in [0.05, 0.1) is 12.7 Å². The molecule has 0 atom stereocenters. The summed E-state index contributed by atoms with van der Waals surface area (Å²) in [6.07, 6.45) is 5.62. The van der Waals surface area contributed by atoms with Crippen molar-refractivity contribution in [2.75, 3.05) is 11.9 Å². The second-order valence-corrected chi connectivity index (χ2v) is 10.1. The van der Waals surface area contributed by atoms with Gasteiger partial charge in [0.2, 0.25) is 5.91 Å². The Morgan fingerprint density at radius 3 is 2.48 bits per heavy atom. The summed E-state index contributed by atoms with van der Waals surface area (Å²) in [4.78, 5) is 38.7. The first-order valence-corrected chi connectivity index (χ1v) is 11.7. The van der Waals surface area contributed by atoms with Gasteiger partial charge in [-0.25, -0.2) is 9.48 Å². The fraction of sp³-hybridized carbons (Fsp3) is 0.520. The predicted octanol–water partition coefficient (Wildman–Crippen LogP) is 3.81. The van der Waals surface area contributed by atoms with Crippen LogP contribution in [0.1, 0.15) is 70.4 Å². The van der Waals surface area contributed by atoms with Crippen LogP contribution in [0, 0.1) is 0 Å². The van der Waals surface area contributed by atoms with E-state index in [0.717, 1.165) is 18.4 Å². The molecular formula is C25H33N5O3. The monoisotopic (exact) mass is 451 g/mol. The Labute approximate surface area is 194 Å².